The van der Waals surface area contributed by atoms with Gasteiger partial charge in [0.1, 0.15) is 5.75 Å². The number of fused-ring (bicyclic) bond motifs is 1. The molecule has 0 bridgehead atoms. The van der Waals surface area contributed by atoms with Gasteiger partial charge >= 0.3 is 0 Å². The number of rotatable bonds is 3. The number of hydrogen-bond acceptors (Lipinski definition) is 4. The van der Waals surface area contributed by atoms with E-state index in [0.29, 0.717) is 23.7 Å². The van der Waals surface area contributed by atoms with Crippen molar-refractivity contribution in [2.24, 2.45) is 0 Å². The molecule has 1 heterocycles. The molecule has 1 aliphatic rings. The van der Waals surface area contributed by atoms with Crippen molar-refractivity contribution in [1.82, 2.24) is 0 Å². The fraction of sp³-hybridized carbons (Fsp3) is 0.294. The Morgan fingerprint density at radius 3 is 2.48 bits per heavy atom. The molecule has 0 amide bonds. The molecule has 3 rings (SSSR count). The zero-order chi connectivity index (χ0) is 14.8. The predicted molar refractivity (Wildman–Crippen MR) is 79.1 cm³/mol. The third-order valence-corrected chi connectivity index (χ3v) is 3.85. The van der Waals surface area contributed by atoms with E-state index in [1.807, 2.05) is 30.3 Å². The summed E-state index contributed by atoms with van der Waals surface area (Å²) >= 11 is 0. The molecule has 21 heavy (non-hydrogen) atoms. The maximum atomic E-state index is 10.3. The maximum absolute atomic E-state index is 10.3. The van der Waals surface area contributed by atoms with Crippen LogP contribution in [0.25, 0.3) is 0 Å². The molecular weight excluding hydrogens is 268 g/mol. The van der Waals surface area contributed by atoms with E-state index in [-0.39, 0.29) is 5.92 Å². The zero-order valence-corrected chi connectivity index (χ0v) is 12.1. The van der Waals surface area contributed by atoms with Crippen molar-refractivity contribution in [2.45, 2.75) is 18.6 Å². The van der Waals surface area contributed by atoms with E-state index < -0.39 is 6.29 Å². The van der Waals surface area contributed by atoms with Gasteiger partial charge < -0.3 is 19.3 Å². The topological polar surface area (TPSA) is 47.9 Å². The number of benzene rings is 2. The first-order valence-corrected chi connectivity index (χ1v) is 6.88. The van der Waals surface area contributed by atoms with Gasteiger partial charge in [0.2, 0.25) is 6.29 Å². The Labute approximate surface area is 123 Å². The molecule has 0 spiro atoms. The van der Waals surface area contributed by atoms with E-state index in [1.165, 1.54) is 0 Å². The van der Waals surface area contributed by atoms with Crippen molar-refractivity contribution in [3.63, 3.8) is 0 Å². The van der Waals surface area contributed by atoms with Crippen LogP contribution in [0.3, 0.4) is 0 Å². The van der Waals surface area contributed by atoms with Gasteiger partial charge in [0.05, 0.1) is 20.1 Å². The van der Waals surface area contributed by atoms with Gasteiger partial charge in [0, 0.05) is 5.56 Å². The van der Waals surface area contributed by atoms with Crippen LogP contribution in [-0.2, 0) is 6.42 Å². The van der Waals surface area contributed by atoms with Gasteiger partial charge in [-0.25, -0.2) is 0 Å². The van der Waals surface area contributed by atoms with Crippen LogP contribution in [0.1, 0.15) is 17.0 Å². The number of ether oxygens (including phenoxy) is 3. The molecule has 0 aromatic heterocycles. The molecule has 110 valence electrons. The maximum Gasteiger partial charge on any atom is 0.204 e. The highest BCUT2D eigenvalue weighted by Crippen LogP contribution is 2.44. The Bertz CT molecular complexity index is 624. The highest BCUT2D eigenvalue weighted by molar-refractivity contribution is 5.55. The monoisotopic (exact) mass is 286 g/mol. The molecule has 0 aliphatic carbocycles. The average Bonchev–Trinajstić information content (AvgIpc) is 2.53. The fourth-order valence-corrected chi connectivity index (χ4v) is 2.79. The second kappa shape index (κ2) is 5.66. The molecule has 0 saturated heterocycles. The molecule has 1 N–H and O–H groups in total. The number of methoxy groups -OCH3 is 2. The Morgan fingerprint density at radius 1 is 1.05 bits per heavy atom. The summed E-state index contributed by atoms with van der Waals surface area (Å²) in [5.74, 6) is 1.86. The number of hydrogen-bond donors (Lipinski definition) is 1. The minimum atomic E-state index is -0.863. The summed E-state index contributed by atoms with van der Waals surface area (Å²) in [5.41, 5.74) is 1.97. The molecule has 4 heteroatoms. The van der Waals surface area contributed by atoms with Crippen molar-refractivity contribution in [3.05, 3.63) is 53.6 Å². The van der Waals surface area contributed by atoms with E-state index in [4.69, 9.17) is 14.2 Å². The van der Waals surface area contributed by atoms with Crippen LogP contribution >= 0.6 is 0 Å². The molecule has 2 atom stereocenters. The van der Waals surface area contributed by atoms with Crippen LogP contribution in [-0.4, -0.2) is 25.6 Å². The highest BCUT2D eigenvalue weighted by Gasteiger charge is 2.32. The first kappa shape index (κ1) is 13.8. The van der Waals surface area contributed by atoms with Gasteiger partial charge in [-0.1, -0.05) is 30.3 Å². The first-order chi connectivity index (χ1) is 10.2. The molecule has 4 nitrogen and oxygen atoms in total. The number of aliphatic hydroxyl groups is 1. The van der Waals surface area contributed by atoms with E-state index in [9.17, 15) is 5.11 Å². The normalized spacial score (nSPS) is 20.3. The lowest BCUT2D eigenvalue weighted by atomic mass is 9.88. The molecule has 0 saturated carbocycles. The summed E-state index contributed by atoms with van der Waals surface area (Å²) in [6.07, 6.45) is -0.223. The summed E-state index contributed by atoms with van der Waals surface area (Å²) in [4.78, 5) is 0. The minimum Gasteiger partial charge on any atom is -0.493 e. The lowest BCUT2D eigenvalue weighted by molar-refractivity contribution is -0.0485. The summed E-state index contributed by atoms with van der Waals surface area (Å²) in [5, 5.41) is 10.3. The Morgan fingerprint density at radius 2 is 1.81 bits per heavy atom. The smallest absolute Gasteiger partial charge is 0.204 e. The summed E-state index contributed by atoms with van der Waals surface area (Å²) in [7, 11) is 3.22. The SMILES string of the molecule is COc1ccc2c(c1OC)CC(c1ccccc1)C(O)O2. The Kier molecular flexibility index (Phi) is 3.71. The van der Waals surface area contributed by atoms with Crippen molar-refractivity contribution >= 4 is 0 Å². The summed E-state index contributed by atoms with van der Waals surface area (Å²) in [6, 6.07) is 13.5. The predicted octanol–water partition coefficient (Wildman–Crippen LogP) is 2.74. The van der Waals surface area contributed by atoms with Gasteiger partial charge in [-0.05, 0) is 24.1 Å². The molecule has 1 aliphatic heterocycles. The lowest BCUT2D eigenvalue weighted by Crippen LogP contribution is -2.31. The molecular formula is C17H18O4. The van der Waals surface area contributed by atoms with Gasteiger partial charge in [-0.15, -0.1) is 0 Å². The van der Waals surface area contributed by atoms with Crippen molar-refractivity contribution in [1.29, 1.82) is 0 Å². The van der Waals surface area contributed by atoms with Crippen LogP contribution in [0, 0.1) is 0 Å². The van der Waals surface area contributed by atoms with E-state index >= 15 is 0 Å². The molecule has 2 unspecified atom stereocenters. The van der Waals surface area contributed by atoms with Gasteiger partial charge in [-0.2, -0.15) is 0 Å². The highest BCUT2D eigenvalue weighted by atomic mass is 16.6. The van der Waals surface area contributed by atoms with Crippen molar-refractivity contribution in [3.8, 4) is 17.2 Å². The van der Waals surface area contributed by atoms with Crippen LogP contribution in [0.5, 0.6) is 17.2 Å². The average molecular weight is 286 g/mol. The first-order valence-electron chi connectivity index (χ1n) is 6.88. The third kappa shape index (κ3) is 2.43. The van der Waals surface area contributed by atoms with E-state index in [0.717, 1.165) is 11.1 Å². The standard InChI is InChI=1S/C17H18O4/c1-19-15-9-8-14-13(16(15)20-2)10-12(17(18)21-14)11-6-4-3-5-7-11/h3-9,12,17-18H,10H2,1-2H3. The lowest BCUT2D eigenvalue weighted by Gasteiger charge is -2.31. The van der Waals surface area contributed by atoms with Crippen LogP contribution in [0.4, 0.5) is 0 Å². The van der Waals surface area contributed by atoms with E-state index in [1.54, 1.807) is 26.4 Å². The molecule has 0 radical (unpaired) electrons. The third-order valence-electron chi connectivity index (χ3n) is 3.85. The molecule has 0 fully saturated rings. The fourth-order valence-electron chi connectivity index (χ4n) is 2.79. The van der Waals surface area contributed by atoms with Crippen LogP contribution in [0.2, 0.25) is 0 Å². The Balaban J connectivity index is 2.03. The molecule has 2 aromatic carbocycles. The second-order valence-electron chi connectivity index (χ2n) is 5.01. The quantitative estimate of drug-likeness (QED) is 0.942. The van der Waals surface area contributed by atoms with E-state index in [2.05, 4.69) is 0 Å². The summed E-state index contributed by atoms with van der Waals surface area (Å²) < 4.78 is 16.5. The zero-order valence-electron chi connectivity index (χ0n) is 12.1. The van der Waals surface area contributed by atoms with Crippen molar-refractivity contribution < 1.29 is 19.3 Å². The van der Waals surface area contributed by atoms with Crippen LogP contribution < -0.4 is 14.2 Å². The molecule has 2 aromatic rings. The summed E-state index contributed by atoms with van der Waals surface area (Å²) in [6.45, 7) is 0. The van der Waals surface area contributed by atoms with Gasteiger partial charge in [0.15, 0.2) is 11.5 Å². The van der Waals surface area contributed by atoms with Gasteiger partial charge in [0.25, 0.3) is 0 Å². The minimum absolute atomic E-state index is 0.125. The Hall–Kier alpha value is -2.20. The second-order valence-corrected chi connectivity index (χ2v) is 5.01. The van der Waals surface area contributed by atoms with Gasteiger partial charge in [-0.3, -0.25) is 0 Å². The van der Waals surface area contributed by atoms with Crippen LogP contribution in [0.15, 0.2) is 42.5 Å². The number of aliphatic hydroxyl groups excluding tert-OH is 1. The largest absolute Gasteiger partial charge is 0.493 e. The van der Waals surface area contributed by atoms with Crippen molar-refractivity contribution in [2.75, 3.05) is 14.2 Å².